The zero-order valence-corrected chi connectivity index (χ0v) is 15.0. The first kappa shape index (κ1) is 19.6. The summed E-state index contributed by atoms with van der Waals surface area (Å²) < 4.78 is 0. The van der Waals surface area contributed by atoms with Gasteiger partial charge in [0.25, 0.3) is 0 Å². The van der Waals surface area contributed by atoms with Gasteiger partial charge in [-0.3, -0.25) is 4.79 Å². The molecule has 0 aliphatic heterocycles. The second-order valence-electron chi connectivity index (χ2n) is 6.11. The summed E-state index contributed by atoms with van der Waals surface area (Å²) >= 11 is 5.19. The van der Waals surface area contributed by atoms with E-state index in [9.17, 15) is 10.1 Å². The Morgan fingerprint density at radius 2 is 2.12 bits per heavy atom. The molecule has 1 atom stereocenters. The lowest BCUT2D eigenvalue weighted by Crippen LogP contribution is -2.36. The highest BCUT2D eigenvalue weighted by molar-refractivity contribution is 7.80. The maximum Gasteiger partial charge on any atom is 0.239 e. The van der Waals surface area contributed by atoms with Gasteiger partial charge >= 0.3 is 0 Å². The number of carbonyl (C=O) groups excluding carboxylic acids is 1. The maximum atomic E-state index is 11.6. The number of anilines is 2. The molecule has 1 amide bonds. The first-order valence-corrected chi connectivity index (χ1v) is 8.07. The van der Waals surface area contributed by atoms with Gasteiger partial charge in [0.1, 0.15) is 12.1 Å². The number of thiocarbonyl (C=S) groups is 1. The normalized spacial score (nSPS) is 11.5. The van der Waals surface area contributed by atoms with Crippen LogP contribution in [0.2, 0.25) is 0 Å². The molecule has 128 valence electrons. The molecule has 0 saturated carbocycles. The number of primary amides is 1. The van der Waals surface area contributed by atoms with Crippen LogP contribution in [0.5, 0.6) is 0 Å². The monoisotopic (exact) mass is 345 g/mol. The Hall–Kier alpha value is -2.46. The largest absolute Gasteiger partial charge is 0.374 e. The van der Waals surface area contributed by atoms with Crippen molar-refractivity contribution in [3.63, 3.8) is 0 Å². The fraction of sp³-hybridized carbons (Fsp3) is 0.412. The van der Waals surface area contributed by atoms with Gasteiger partial charge in [0, 0.05) is 17.8 Å². The lowest BCUT2D eigenvalue weighted by Gasteiger charge is -2.19. The molecule has 7 heteroatoms. The van der Waals surface area contributed by atoms with Crippen molar-refractivity contribution in [3.8, 4) is 6.07 Å². The third-order valence-corrected chi connectivity index (χ3v) is 3.48. The Morgan fingerprint density at radius 3 is 2.62 bits per heavy atom. The second kappa shape index (κ2) is 8.99. The molecule has 0 saturated heterocycles. The van der Waals surface area contributed by atoms with Crippen LogP contribution in [0.3, 0.4) is 0 Å². The van der Waals surface area contributed by atoms with E-state index in [0.29, 0.717) is 46.4 Å². The van der Waals surface area contributed by atoms with Crippen LogP contribution in [-0.2, 0) is 4.79 Å². The standard InChI is InChI=1S/C17H23N5OS/c1-10(2)6-15(17(20)23)21-13-5-4-12(9-18)14(8-13)22-16(24)7-11(3)19/h4-5,8,10,15,19,21H,6-7H2,1-3H3,(H2,20,23)(H,22,24). The molecule has 0 aliphatic carbocycles. The molecule has 0 bridgehead atoms. The lowest BCUT2D eigenvalue weighted by atomic mass is 10.0. The topological polar surface area (TPSA) is 115 Å². The average Bonchev–Trinajstić information content (AvgIpc) is 2.45. The lowest BCUT2D eigenvalue weighted by molar-refractivity contribution is -0.119. The molecule has 1 aromatic rings. The van der Waals surface area contributed by atoms with Gasteiger partial charge < -0.3 is 21.8 Å². The molecule has 1 rings (SSSR count). The van der Waals surface area contributed by atoms with Gasteiger partial charge in [0.15, 0.2) is 0 Å². The number of benzene rings is 1. The predicted octanol–water partition coefficient (Wildman–Crippen LogP) is 3.04. The van der Waals surface area contributed by atoms with Gasteiger partial charge in [0.05, 0.1) is 16.2 Å². The van der Waals surface area contributed by atoms with E-state index in [2.05, 4.69) is 16.7 Å². The van der Waals surface area contributed by atoms with Crippen molar-refractivity contribution in [2.24, 2.45) is 11.7 Å². The quantitative estimate of drug-likeness (QED) is 0.427. The van der Waals surface area contributed by atoms with Crippen LogP contribution in [0.25, 0.3) is 0 Å². The average molecular weight is 345 g/mol. The van der Waals surface area contributed by atoms with E-state index in [4.69, 9.17) is 23.4 Å². The summed E-state index contributed by atoms with van der Waals surface area (Å²) in [6.45, 7) is 5.70. The zero-order chi connectivity index (χ0) is 18.3. The van der Waals surface area contributed by atoms with Crippen LogP contribution in [0.1, 0.15) is 39.2 Å². The number of hydrogen-bond donors (Lipinski definition) is 4. The Balaban J connectivity index is 2.99. The van der Waals surface area contributed by atoms with E-state index in [1.165, 1.54) is 0 Å². The van der Waals surface area contributed by atoms with Crippen molar-refractivity contribution in [1.29, 1.82) is 10.7 Å². The van der Waals surface area contributed by atoms with E-state index >= 15 is 0 Å². The molecule has 5 N–H and O–H groups in total. The molecule has 0 heterocycles. The fourth-order valence-corrected chi connectivity index (χ4v) is 2.52. The maximum absolute atomic E-state index is 11.6. The highest BCUT2D eigenvalue weighted by atomic mass is 32.1. The summed E-state index contributed by atoms with van der Waals surface area (Å²) in [4.78, 5) is 12.1. The molecule has 6 nitrogen and oxygen atoms in total. The number of amides is 1. The van der Waals surface area contributed by atoms with E-state index in [1.807, 2.05) is 13.8 Å². The van der Waals surface area contributed by atoms with E-state index in [0.717, 1.165) is 0 Å². The smallest absolute Gasteiger partial charge is 0.239 e. The van der Waals surface area contributed by atoms with Gasteiger partial charge in [-0.2, -0.15) is 5.26 Å². The van der Waals surface area contributed by atoms with E-state index in [-0.39, 0.29) is 0 Å². The summed E-state index contributed by atoms with van der Waals surface area (Å²) in [5, 5.41) is 22.8. The Morgan fingerprint density at radius 1 is 1.46 bits per heavy atom. The number of nitriles is 1. The van der Waals surface area contributed by atoms with Crippen LogP contribution < -0.4 is 16.4 Å². The molecular weight excluding hydrogens is 322 g/mol. The van der Waals surface area contributed by atoms with Crippen molar-refractivity contribution in [2.45, 2.75) is 39.7 Å². The van der Waals surface area contributed by atoms with Crippen LogP contribution in [0, 0.1) is 22.7 Å². The first-order chi connectivity index (χ1) is 11.2. The minimum absolute atomic E-state index is 0.314. The molecule has 0 aromatic heterocycles. The molecule has 0 aliphatic rings. The summed E-state index contributed by atoms with van der Waals surface area (Å²) in [5.74, 6) is -0.105. The highest BCUT2D eigenvalue weighted by Gasteiger charge is 2.17. The molecule has 0 spiro atoms. The Kier molecular flexibility index (Phi) is 7.33. The number of nitrogens with two attached hydrogens (primary N) is 1. The Bertz CT molecular complexity index is 678. The molecule has 0 fully saturated rings. The number of carbonyl (C=O) groups is 1. The third kappa shape index (κ3) is 6.34. The van der Waals surface area contributed by atoms with Crippen LogP contribution >= 0.6 is 12.2 Å². The Labute approximate surface area is 147 Å². The van der Waals surface area contributed by atoms with Crippen molar-refractivity contribution in [1.82, 2.24) is 0 Å². The van der Waals surface area contributed by atoms with Crippen LogP contribution in [0.15, 0.2) is 18.2 Å². The van der Waals surface area contributed by atoms with Crippen molar-refractivity contribution in [3.05, 3.63) is 23.8 Å². The summed E-state index contributed by atoms with van der Waals surface area (Å²) in [6, 6.07) is 6.71. The van der Waals surface area contributed by atoms with E-state index in [1.54, 1.807) is 25.1 Å². The summed E-state index contributed by atoms with van der Waals surface area (Å²) in [6.07, 6.45) is 0.943. The highest BCUT2D eigenvalue weighted by Crippen LogP contribution is 2.22. The molecule has 24 heavy (non-hydrogen) atoms. The van der Waals surface area contributed by atoms with Crippen molar-refractivity contribution < 1.29 is 4.79 Å². The summed E-state index contributed by atoms with van der Waals surface area (Å²) in [7, 11) is 0. The second-order valence-corrected chi connectivity index (χ2v) is 6.60. The van der Waals surface area contributed by atoms with Gasteiger partial charge in [-0.15, -0.1) is 0 Å². The number of rotatable bonds is 8. The van der Waals surface area contributed by atoms with Crippen LogP contribution in [0.4, 0.5) is 11.4 Å². The zero-order valence-electron chi connectivity index (χ0n) is 14.1. The van der Waals surface area contributed by atoms with Gasteiger partial charge in [-0.05, 0) is 37.5 Å². The number of hydrogen-bond acceptors (Lipinski definition) is 5. The van der Waals surface area contributed by atoms with Crippen molar-refractivity contribution >= 4 is 40.2 Å². The first-order valence-electron chi connectivity index (χ1n) is 7.66. The van der Waals surface area contributed by atoms with Gasteiger partial charge in [-0.25, -0.2) is 0 Å². The summed E-state index contributed by atoms with van der Waals surface area (Å²) in [5.41, 5.74) is 7.54. The fourth-order valence-electron chi connectivity index (χ4n) is 2.19. The molecule has 1 aromatic carbocycles. The number of nitrogens with one attached hydrogen (secondary N) is 3. The molecule has 1 unspecified atom stereocenters. The van der Waals surface area contributed by atoms with Gasteiger partial charge in [-0.1, -0.05) is 26.1 Å². The number of nitrogens with zero attached hydrogens (tertiary/aromatic N) is 1. The van der Waals surface area contributed by atoms with E-state index < -0.39 is 11.9 Å². The molecule has 0 radical (unpaired) electrons. The van der Waals surface area contributed by atoms with Crippen LogP contribution in [-0.4, -0.2) is 22.6 Å². The SMILES string of the molecule is CC(=N)CC(=S)Nc1cc(NC(CC(C)C)C(N)=O)ccc1C#N. The predicted molar refractivity (Wildman–Crippen MR) is 101 cm³/mol. The molecular formula is C17H23N5OS. The minimum Gasteiger partial charge on any atom is -0.374 e. The van der Waals surface area contributed by atoms with Gasteiger partial charge in [0.2, 0.25) is 5.91 Å². The minimum atomic E-state index is -0.485. The van der Waals surface area contributed by atoms with Crippen molar-refractivity contribution in [2.75, 3.05) is 10.6 Å². The third-order valence-electron chi connectivity index (χ3n) is 3.23.